The van der Waals surface area contributed by atoms with Crippen LogP contribution >= 0.6 is 11.3 Å². The lowest BCUT2D eigenvalue weighted by atomic mass is 10.2. The first-order chi connectivity index (χ1) is 13.7. The Hall–Kier alpha value is -3.19. The summed E-state index contributed by atoms with van der Waals surface area (Å²) in [6, 6.07) is 14.3. The maximum atomic E-state index is 12.8. The Morgan fingerprint density at radius 1 is 0.929 bits per heavy atom. The first kappa shape index (κ1) is 18.2. The van der Waals surface area contributed by atoms with E-state index in [2.05, 4.69) is 20.5 Å². The minimum Gasteiger partial charge on any atom is -0.356 e. The predicted octanol–water partition coefficient (Wildman–Crippen LogP) is 4.25. The summed E-state index contributed by atoms with van der Waals surface area (Å²) in [5.41, 5.74) is 1.80. The number of thiophene rings is 1. The Kier molecular flexibility index (Phi) is 5.34. The van der Waals surface area contributed by atoms with Crippen LogP contribution in [0.25, 0.3) is 0 Å². The number of benzene rings is 1. The van der Waals surface area contributed by atoms with E-state index in [1.165, 1.54) is 11.3 Å². The van der Waals surface area contributed by atoms with Crippen LogP contribution in [0, 0.1) is 0 Å². The molecule has 1 fully saturated rings. The molecule has 0 saturated carbocycles. The zero-order chi connectivity index (χ0) is 19.3. The Morgan fingerprint density at radius 3 is 2.39 bits per heavy atom. The van der Waals surface area contributed by atoms with E-state index in [9.17, 15) is 9.59 Å². The van der Waals surface area contributed by atoms with E-state index in [1.54, 1.807) is 48.7 Å². The summed E-state index contributed by atoms with van der Waals surface area (Å²) in [5, 5.41) is 7.63. The molecule has 1 aliphatic rings. The van der Waals surface area contributed by atoms with Crippen molar-refractivity contribution in [3.05, 3.63) is 70.5 Å². The molecule has 2 amide bonds. The zero-order valence-corrected chi connectivity index (χ0v) is 16.0. The van der Waals surface area contributed by atoms with Crippen LogP contribution in [0.1, 0.15) is 32.9 Å². The molecular weight excluding hydrogens is 372 g/mol. The van der Waals surface area contributed by atoms with Gasteiger partial charge in [-0.1, -0.05) is 12.1 Å². The molecule has 28 heavy (non-hydrogen) atoms. The van der Waals surface area contributed by atoms with Gasteiger partial charge < -0.3 is 15.5 Å². The summed E-state index contributed by atoms with van der Waals surface area (Å²) in [6.45, 7) is 1.84. The van der Waals surface area contributed by atoms with E-state index in [1.807, 2.05) is 11.4 Å². The van der Waals surface area contributed by atoms with Crippen molar-refractivity contribution in [3.8, 4) is 0 Å². The number of carbonyl (C=O) groups excluding carboxylic acids is 2. The molecule has 0 radical (unpaired) electrons. The number of hydrogen-bond acceptors (Lipinski definition) is 5. The van der Waals surface area contributed by atoms with E-state index in [0.29, 0.717) is 21.8 Å². The van der Waals surface area contributed by atoms with Crippen LogP contribution in [0.3, 0.4) is 0 Å². The third kappa shape index (κ3) is 4.04. The molecule has 7 heteroatoms. The maximum Gasteiger partial charge on any atom is 0.265 e. The lowest BCUT2D eigenvalue weighted by Gasteiger charge is -2.19. The maximum absolute atomic E-state index is 12.8. The average Bonchev–Trinajstić information content (AvgIpc) is 3.42. The van der Waals surface area contributed by atoms with Crippen molar-refractivity contribution in [2.45, 2.75) is 12.8 Å². The van der Waals surface area contributed by atoms with Crippen molar-refractivity contribution < 1.29 is 9.59 Å². The third-order valence-corrected chi connectivity index (χ3v) is 5.43. The number of nitrogens with one attached hydrogen (secondary N) is 2. The number of rotatable bonds is 5. The van der Waals surface area contributed by atoms with E-state index in [4.69, 9.17) is 0 Å². The summed E-state index contributed by atoms with van der Waals surface area (Å²) >= 11 is 1.38. The SMILES string of the molecule is O=C(Nc1cccc(NC(=O)c2cccnc2N2CCCC2)c1)c1cccs1. The van der Waals surface area contributed by atoms with Gasteiger partial charge in [-0.2, -0.15) is 0 Å². The first-order valence-corrected chi connectivity index (χ1v) is 10.0. The van der Waals surface area contributed by atoms with Crippen molar-refractivity contribution >= 4 is 40.3 Å². The van der Waals surface area contributed by atoms with Crippen LogP contribution in [-0.4, -0.2) is 29.9 Å². The molecule has 6 nitrogen and oxygen atoms in total. The second-order valence-corrected chi connectivity index (χ2v) is 7.48. The van der Waals surface area contributed by atoms with Gasteiger partial charge in [0.15, 0.2) is 0 Å². The second kappa shape index (κ2) is 8.22. The number of nitrogens with zero attached hydrogens (tertiary/aromatic N) is 2. The predicted molar refractivity (Wildman–Crippen MR) is 112 cm³/mol. The fourth-order valence-corrected chi connectivity index (χ4v) is 3.85. The van der Waals surface area contributed by atoms with Crippen LogP contribution in [0.4, 0.5) is 17.2 Å². The smallest absolute Gasteiger partial charge is 0.265 e. The molecule has 2 N–H and O–H groups in total. The third-order valence-electron chi connectivity index (χ3n) is 4.56. The molecule has 1 saturated heterocycles. The summed E-state index contributed by atoms with van der Waals surface area (Å²) in [7, 11) is 0. The minimum absolute atomic E-state index is 0.165. The largest absolute Gasteiger partial charge is 0.356 e. The van der Waals surface area contributed by atoms with Crippen LogP contribution in [-0.2, 0) is 0 Å². The highest BCUT2D eigenvalue weighted by atomic mass is 32.1. The lowest BCUT2D eigenvalue weighted by Crippen LogP contribution is -2.24. The summed E-state index contributed by atoms with van der Waals surface area (Å²) in [5.74, 6) is 0.346. The van der Waals surface area contributed by atoms with Crippen LogP contribution in [0.15, 0.2) is 60.1 Å². The molecule has 1 aromatic carbocycles. The normalized spacial score (nSPS) is 13.4. The number of carbonyl (C=O) groups is 2. The van der Waals surface area contributed by atoms with Gasteiger partial charge in [0, 0.05) is 30.7 Å². The van der Waals surface area contributed by atoms with Gasteiger partial charge in [-0.25, -0.2) is 4.98 Å². The molecule has 4 rings (SSSR count). The number of amides is 2. The van der Waals surface area contributed by atoms with Gasteiger partial charge in [-0.15, -0.1) is 11.3 Å². The molecule has 3 heterocycles. The minimum atomic E-state index is -0.211. The van der Waals surface area contributed by atoms with Crippen LogP contribution in [0.5, 0.6) is 0 Å². The zero-order valence-electron chi connectivity index (χ0n) is 15.2. The highest BCUT2D eigenvalue weighted by molar-refractivity contribution is 7.12. The number of anilines is 3. The van der Waals surface area contributed by atoms with Crippen LogP contribution < -0.4 is 15.5 Å². The van der Waals surface area contributed by atoms with E-state index in [0.717, 1.165) is 31.7 Å². The number of aromatic nitrogens is 1. The van der Waals surface area contributed by atoms with Crippen molar-refractivity contribution in [2.24, 2.45) is 0 Å². The molecular formula is C21H20N4O2S. The quantitative estimate of drug-likeness (QED) is 0.681. The summed E-state index contributed by atoms with van der Waals surface area (Å²) < 4.78 is 0. The molecule has 0 unspecified atom stereocenters. The van der Waals surface area contributed by atoms with Gasteiger partial charge in [-0.3, -0.25) is 9.59 Å². The van der Waals surface area contributed by atoms with Gasteiger partial charge in [0.2, 0.25) is 0 Å². The summed E-state index contributed by atoms with van der Waals surface area (Å²) in [4.78, 5) is 32.3. The van der Waals surface area contributed by atoms with E-state index < -0.39 is 0 Å². The van der Waals surface area contributed by atoms with Crippen LogP contribution in [0.2, 0.25) is 0 Å². The Morgan fingerprint density at radius 2 is 1.68 bits per heavy atom. The molecule has 0 bridgehead atoms. The topological polar surface area (TPSA) is 74.3 Å². The Labute approximate surface area is 167 Å². The van der Waals surface area contributed by atoms with E-state index >= 15 is 0 Å². The molecule has 2 aromatic heterocycles. The second-order valence-electron chi connectivity index (χ2n) is 6.54. The van der Waals surface area contributed by atoms with Gasteiger partial charge in [0.05, 0.1) is 10.4 Å². The first-order valence-electron chi connectivity index (χ1n) is 9.17. The van der Waals surface area contributed by atoms with Crippen molar-refractivity contribution in [1.82, 2.24) is 4.98 Å². The van der Waals surface area contributed by atoms with Crippen molar-refractivity contribution in [2.75, 3.05) is 28.6 Å². The molecule has 0 spiro atoms. The fraction of sp³-hybridized carbons (Fsp3) is 0.190. The molecule has 0 aliphatic carbocycles. The van der Waals surface area contributed by atoms with Crippen molar-refractivity contribution in [3.63, 3.8) is 0 Å². The lowest BCUT2D eigenvalue weighted by molar-refractivity contribution is 0.102. The van der Waals surface area contributed by atoms with Gasteiger partial charge in [-0.05, 0) is 54.6 Å². The average molecular weight is 392 g/mol. The standard InChI is InChI=1S/C21H20N4O2S/c26-20(17-8-4-10-22-19(17)25-11-1-2-12-25)23-15-6-3-7-16(14-15)24-21(27)18-9-5-13-28-18/h3-10,13-14H,1-2,11-12H2,(H,23,26)(H,24,27). The molecule has 1 aliphatic heterocycles. The molecule has 3 aromatic rings. The monoisotopic (exact) mass is 392 g/mol. The Balaban J connectivity index is 1.49. The van der Waals surface area contributed by atoms with Crippen molar-refractivity contribution in [1.29, 1.82) is 0 Å². The number of hydrogen-bond donors (Lipinski definition) is 2. The highest BCUT2D eigenvalue weighted by Gasteiger charge is 2.20. The molecule has 0 atom stereocenters. The fourth-order valence-electron chi connectivity index (χ4n) is 3.23. The Bertz CT molecular complexity index is 982. The van der Waals surface area contributed by atoms with Gasteiger partial charge in [0.25, 0.3) is 11.8 Å². The number of pyridine rings is 1. The van der Waals surface area contributed by atoms with Gasteiger partial charge in [0.1, 0.15) is 5.82 Å². The highest BCUT2D eigenvalue weighted by Crippen LogP contribution is 2.24. The van der Waals surface area contributed by atoms with E-state index in [-0.39, 0.29) is 11.8 Å². The molecule has 142 valence electrons. The van der Waals surface area contributed by atoms with Gasteiger partial charge >= 0.3 is 0 Å². The summed E-state index contributed by atoms with van der Waals surface area (Å²) in [6.07, 6.45) is 3.94.